The monoisotopic (exact) mass is 600 g/mol. The van der Waals surface area contributed by atoms with Crippen LogP contribution < -0.4 is 20.4 Å². The second-order valence-corrected chi connectivity index (χ2v) is 13.3. The number of carbonyl (C=O) groups is 4. The zero-order valence-corrected chi connectivity index (χ0v) is 25.5. The molecule has 4 aliphatic rings. The van der Waals surface area contributed by atoms with Crippen LogP contribution in [0.5, 0.6) is 0 Å². The van der Waals surface area contributed by atoms with E-state index in [1.54, 1.807) is 21.9 Å². The van der Waals surface area contributed by atoms with E-state index in [1.807, 2.05) is 43.3 Å². The molecule has 4 amide bonds. The maximum atomic E-state index is 13.9. The molecule has 9 heteroatoms. The van der Waals surface area contributed by atoms with Gasteiger partial charge in [0, 0.05) is 54.8 Å². The van der Waals surface area contributed by atoms with Crippen LogP contribution in [-0.4, -0.2) is 60.0 Å². The summed E-state index contributed by atoms with van der Waals surface area (Å²) < 4.78 is 0. The van der Waals surface area contributed by atoms with Gasteiger partial charge >= 0.3 is 0 Å². The molecule has 2 aliphatic carbocycles. The first-order valence-corrected chi connectivity index (χ1v) is 16.3. The van der Waals surface area contributed by atoms with E-state index in [0.717, 1.165) is 30.7 Å². The van der Waals surface area contributed by atoms with Crippen LogP contribution in [0.25, 0.3) is 0 Å². The summed E-state index contributed by atoms with van der Waals surface area (Å²) in [7, 11) is 0. The molecule has 0 spiro atoms. The Morgan fingerprint density at radius 2 is 1.59 bits per heavy atom. The Labute approximate surface area is 259 Å². The minimum Gasteiger partial charge on any atom is -0.391 e. The molecule has 0 radical (unpaired) electrons. The van der Waals surface area contributed by atoms with Crippen molar-refractivity contribution in [2.45, 2.75) is 89.3 Å². The Hall–Kier alpha value is -3.72. The van der Waals surface area contributed by atoms with E-state index in [0.29, 0.717) is 55.2 Å². The van der Waals surface area contributed by atoms with Crippen molar-refractivity contribution in [3.05, 3.63) is 59.7 Å². The number of hydrogen-bond donors (Lipinski definition) is 3. The molecule has 2 bridgehead atoms. The van der Waals surface area contributed by atoms with Crippen molar-refractivity contribution in [1.29, 1.82) is 0 Å². The number of rotatable bonds is 11. The highest BCUT2D eigenvalue weighted by Gasteiger charge is 2.40. The Bertz CT molecular complexity index is 1350. The fraction of sp³-hybridized carbons (Fsp3) is 0.543. The largest absolute Gasteiger partial charge is 0.391 e. The average molecular weight is 601 g/mol. The van der Waals surface area contributed by atoms with Crippen molar-refractivity contribution in [2.75, 3.05) is 22.9 Å². The van der Waals surface area contributed by atoms with Crippen molar-refractivity contribution < 1.29 is 24.3 Å². The molecule has 6 rings (SSSR count). The molecule has 2 aromatic rings. The van der Waals surface area contributed by atoms with Gasteiger partial charge in [0.05, 0.1) is 12.1 Å². The predicted molar refractivity (Wildman–Crippen MR) is 168 cm³/mol. The van der Waals surface area contributed by atoms with E-state index < -0.39 is 24.0 Å². The van der Waals surface area contributed by atoms with Gasteiger partial charge in [0.1, 0.15) is 0 Å². The van der Waals surface area contributed by atoms with E-state index in [2.05, 4.69) is 10.6 Å². The van der Waals surface area contributed by atoms with Crippen molar-refractivity contribution in [1.82, 2.24) is 10.6 Å². The van der Waals surface area contributed by atoms with Gasteiger partial charge in [-0.2, -0.15) is 0 Å². The van der Waals surface area contributed by atoms with Gasteiger partial charge in [-0.15, -0.1) is 0 Å². The maximum absolute atomic E-state index is 13.9. The SMILES string of the molecule is C[C@H](C[C@@H](O)[C@H](Cc1ccccc1)NC(=O)c1cc(N2CCCC2=O)cc(N2CCCC2=O)c1)C(=O)NC1CC2CCC1C2. The van der Waals surface area contributed by atoms with E-state index in [1.165, 1.54) is 19.3 Å². The van der Waals surface area contributed by atoms with Crippen LogP contribution in [0, 0.1) is 17.8 Å². The van der Waals surface area contributed by atoms with E-state index in [4.69, 9.17) is 0 Å². The second kappa shape index (κ2) is 13.1. The molecule has 2 saturated heterocycles. The van der Waals surface area contributed by atoms with Gasteiger partial charge in [0.15, 0.2) is 0 Å². The first-order chi connectivity index (χ1) is 21.2. The number of anilines is 2. The lowest BCUT2D eigenvalue weighted by atomic mass is 9.91. The highest BCUT2D eigenvalue weighted by molar-refractivity contribution is 6.03. The van der Waals surface area contributed by atoms with Gasteiger partial charge in [-0.25, -0.2) is 0 Å². The first kappa shape index (κ1) is 30.3. The third-order valence-electron chi connectivity index (χ3n) is 10.1. The number of nitrogens with one attached hydrogen (secondary N) is 2. The predicted octanol–water partition coefficient (Wildman–Crippen LogP) is 3.97. The molecule has 6 atom stereocenters. The summed E-state index contributed by atoms with van der Waals surface area (Å²) in [5.74, 6) is 0.422. The lowest BCUT2D eigenvalue weighted by Crippen LogP contribution is -2.47. The maximum Gasteiger partial charge on any atom is 0.251 e. The first-order valence-electron chi connectivity index (χ1n) is 16.3. The topological polar surface area (TPSA) is 119 Å². The number of benzene rings is 2. The molecule has 4 fully saturated rings. The van der Waals surface area contributed by atoms with Gasteiger partial charge in [-0.3, -0.25) is 19.2 Å². The molecular formula is C35H44N4O5. The summed E-state index contributed by atoms with van der Waals surface area (Å²) in [5.41, 5.74) is 2.47. The van der Waals surface area contributed by atoms with E-state index in [9.17, 15) is 24.3 Å². The van der Waals surface area contributed by atoms with Crippen molar-refractivity contribution >= 4 is 35.0 Å². The third kappa shape index (κ3) is 6.67. The number of nitrogens with zero attached hydrogens (tertiary/aromatic N) is 2. The van der Waals surface area contributed by atoms with E-state index in [-0.39, 0.29) is 30.2 Å². The average Bonchev–Trinajstić information content (AvgIpc) is 3.83. The molecule has 0 aromatic heterocycles. The molecule has 2 heterocycles. The second-order valence-electron chi connectivity index (χ2n) is 13.3. The molecule has 3 N–H and O–H groups in total. The van der Waals surface area contributed by atoms with Gasteiger partial charge < -0.3 is 25.5 Å². The zero-order valence-electron chi connectivity index (χ0n) is 25.5. The number of aliphatic hydroxyl groups is 1. The summed E-state index contributed by atoms with van der Waals surface area (Å²) >= 11 is 0. The van der Waals surface area contributed by atoms with Gasteiger partial charge in [0.25, 0.3) is 5.91 Å². The summed E-state index contributed by atoms with van der Waals surface area (Å²) in [4.78, 5) is 55.6. The molecule has 2 saturated carbocycles. The summed E-state index contributed by atoms with van der Waals surface area (Å²) in [6, 6.07) is 14.4. The van der Waals surface area contributed by atoms with Crippen molar-refractivity contribution in [3.8, 4) is 0 Å². The standard InChI is InChI=1S/C35H44N4O5/c1-22(34(43)36-29-18-24-11-12-25(29)16-24)15-31(40)30(17-23-7-3-2-4-8-23)37-35(44)26-19-27(38-13-5-9-32(38)41)21-28(20-26)39-14-6-10-33(39)42/h2-4,7-8,19-22,24-25,29-31,40H,5-6,9-18H2,1H3,(H,36,43)(H,37,44)/t22-,24?,25?,29?,30+,31-/m1/s1. The normalized spacial score (nSPS) is 24.9. The molecule has 44 heavy (non-hydrogen) atoms. The van der Waals surface area contributed by atoms with Gasteiger partial charge in [-0.05, 0) is 80.5 Å². The lowest BCUT2D eigenvalue weighted by molar-refractivity contribution is -0.126. The summed E-state index contributed by atoms with van der Waals surface area (Å²) in [6.07, 6.45) is 6.70. The summed E-state index contributed by atoms with van der Waals surface area (Å²) in [6.45, 7) is 2.97. The fourth-order valence-electron chi connectivity index (χ4n) is 7.66. The molecule has 2 aromatic carbocycles. The van der Waals surface area contributed by atoms with Crippen LogP contribution in [0.2, 0.25) is 0 Å². The van der Waals surface area contributed by atoms with Gasteiger partial charge in [0.2, 0.25) is 17.7 Å². The third-order valence-corrected chi connectivity index (χ3v) is 10.1. The smallest absolute Gasteiger partial charge is 0.251 e. The minimum atomic E-state index is -0.970. The van der Waals surface area contributed by atoms with Crippen LogP contribution >= 0.6 is 0 Å². The molecule has 9 nitrogen and oxygen atoms in total. The molecule has 234 valence electrons. The Kier molecular flexibility index (Phi) is 9.03. The highest BCUT2D eigenvalue weighted by atomic mass is 16.3. The van der Waals surface area contributed by atoms with E-state index >= 15 is 0 Å². The lowest BCUT2D eigenvalue weighted by Gasteiger charge is -2.28. The molecule has 3 unspecified atom stereocenters. The van der Waals surface area contributed by atoms with Gasteiger partial charge in [-0.1, -0.05) is 43.7 Å². The van der Waals surface area contributed by atoms with Crippen LogP contribution in [-0.2, 0) is 20.8 Å². The molecular weight excluding hydrogens is 556 g/mol. The quantitative estimate of drug-likeness (QED) is 0.361. The Balaban J connectivity index is 1.20. The van der Waals surface area contributed by atoms with Crippen LogP contribution in [0.15, 0.2) is 48.5 Å². The Morgan fingerprint density at radius 3 is 2.14 bits per heavy atom. The minimum absolute atomic E-state index is 0.00340. The number of carbonyl (C=O) groups excluding carboxylic acids is 4. The molecule has 2 aliphatic heterocycles. The summed E-state index contributed by atoms with van der Waals surface area (Å²) in [5, 5.41) is 17.8. The number of amides is 4. The van der Waals surface area contributed by atoms with Crippen LogP contribution in [0.4, 0.5) is 11.4 Å². The number of hydrogen-bond acceptors (Lipinski definition) is 5. The van der Waals surface area contributed by atoms with Crippen molar-refractivity contribution in [3.63, 3.8) is 0 Å². The van der Waals surface area contributed by atoms with Crippen molar-refractivity contribution in [2.24, 2.45) is 17.8 Å². The number of aliphatic hydroxyl groups excluding tert-OH is 1. The fourth-order valence-corrected chi connectivity index (χ4v) is 7.66. The van der Waals surface area contributed by atoms with Crippen LogP contribution in [0.3, 0.4) is 0 Å². The number of fused-ring (bicyclic) bond motifs is 2. The highest BCUT2D eigenvalue weighted by Crippen LogP contribution is 2.44. The van der Waals surface area contributed by atoms with Crippen LogP contribution in [0.1, 0.15) is 80.6 Å². The Morgan fingerprint density at radius 1 is 0.932 bits per heavy atom. The zero-order chi connectivity index (χ0) is 30.8.